The standard InChI is InChI=1S/C11H9Cl2NO4/c1-2-3-18-11(17)14-8-5-6(10(15)16)4-7(12)9(8)13/h2,4-5H,1,3H2,(H,14,17)(H,15,16). The molecule has 18 heavy (non-hydrogen) atoms. The molecule has 0 aliphatic rings. The lowest BCUT2D eigenvalue weighted by Gasteiger charge is -2.09. The first-order valence-corrected chi connectivity index (χ1v) is 5.48. The molecule has 0 saturated carbocycles. The van der Waals surface area contributed by atoms with Crippen molar-refractivity contribution in [3.8, 4) is 0 Å². The molecule has 0 saturated heterocycles. The monoisotopic (exact) mass is 289 g/mol. The number of carboxylic acid groups (broad SMARTS) is 1. The van der Waals surface area contributed by atoms with Gasteiger partial charge in [-0.25, -0.2) is 9.59 Å². The number of ether oxygens (including phenoxy) is 1. The van der Waals surface area contributed by atoms with E-state index in [2.05, 4.69) is 16.6 Å². The number of aromatic carboxylic acids is 1. The Morgan fingerprint density at radius 3 is 2.67 bits per heavy atom. The molecule has 0 aromatic heterocycles. The van der Waals surface area contributed by atoms with Crippen LogP contribution in [0.3, 0.4) is 0 Å². The van der Waals surface area contributed by atoms with Crippen molar-refractivity contribution in [1.82, 2.24) is 0 Å². The summed E-state index contributed by atoms with van der Waals surface area (Å²) in [5, 5.41) is 11.2. The molecule has 5 nitrogen and oxygen atoms in total. The summed E-state index contributed by atoms with van der Waals surface area (Å²) in [6.07, 6.45) is 0.609. The van der Waals surface area contributed by atoms with Crippen molar-refractivity contribution < 1.29 is 19.4 Å². The maximum absolute atomic E-state index is 11.3. The van der Waals surface area contributed by atoms with Crippen LogP contribution in [0.4, 0.5) is 10.5 Å². The predicted molar refractivity (Wildman–Crippen MR) is 68.6 cm³/mol. The van der Waals surface area contributed by atoms with Crippen molar-refractivity contribution in [3.63, 3.8) is 0 Å². The number of hydrogen-bond acceptors (Lipinski definition) is 3. The van der Waals surface area contributed by atoms with E-state index in [0.29, 0.717) is 0 Å². The Labute approximate surface area is 113 Å². The number of halogens is 2. The molecule has 0 aliphatic carbocycles. The number of carbonyl (C=O) groups is 2. The number of hydrogen-bond donors (Lipinski definition) is 2. The van der Waals surface area contributed by atoms with Crippen molar-refractivity contribution in [2.24, 2.45) is 0 Å². The zero-order chi connectivity index (χ0) is 13.7. The van der Waals surface area contributed by atoms with Crippen molar-refractivity contribution in [1.29, 1.82) is 0 Å². The summed E-state index contributed by atoms with van der Waals surface area (Å²) in [4.78, 5) is 22.1. The van der Waals surface area contributed by atoms with Crippen molar-refractivity contribution in [2.45, 2.75) is 0 Å². The van der Waals surface area contributed by atoms with E-state index in [-0.39, 0.29) is 27.9 Å². The summed E-state index contributed by atoms with van der Waals surface area (Å²) in [5.41, 5.74) is -0.0287. The third kappa shape index (κ3) is 3.65. The molecular formula is C11H9Cl2NO4. The number of nitrogens with one attached hydrogen (secondary N) is 1. The number of anilines is 1. The van der Waals surface area contributed by atoms with E-state index in [4.69, 9.17) is 28.3 Å². The fourth-order valence-electron chi connectivity index (χ4n) is 1.08. The van der Waals surface area contributed by atoms with Gasteiger partial charge in [-0.15, -0.1) is 0 Å². The van der Waals surface area contributed by atoms with Gasteiger partial charge >= 0.3 is 12.1 Å². The minimum atomic E-state index is -1.18. The highest BCUT2D eigenvalue weighted by atomic mass is 35.5. The van der Waals surface area contributed by atoms with E-state index < -0.39 is 12.1 Å². The summed E-state index contributed by atoms with van der Waals surface area (Å²) in [7, 11) is 0. The van der Waals surface area contributed by atoms with Gasteiger partial charge < -0.3 is 9.84 Å². The molecule has 1 rings (SSSR count). The number of carbonyl (C=O) groups excluding carboxylic acids is 1. The molecule has 0 spiro atoms. The average molecular weight is 290 g/mol. The van der Waals surface area contributed by atoms with E-state index in [0.717, 1.165) is 0 Å². The van der Waals surface area contributed by atoms with Gasteiger partial charge in [-0.2, -0.15) is 0 Å². The normalized spacial score (nSPS) is 9.67. The van der Waals surface area contributed by atoms with Crippen LogP contribution < -0.4 is 5.32 Å². The zero-order valence-corrected chi connectivity index (χ0v) is 10.6. The molecule has 1 aromatic carbocycles. The Hall–Kier alpha value is -1.72. The van der Waals surface area contributed by atoms with E-state index in [9.17, 15) is 9.59 Å². The predicted octanol–water partition coefficient (Wildman–Crippen LogP) is 3.43. The first-order chi connectivity index (χ1) is 8.45. The quantitative estimate of drug-likeness (QED) is 0.833. The summed E-state index contributed by atoms with van der Waals surface area (Å²) < 4.78 is 4.67. The molecule has 1 aromatic rings. The second-order valence-electron chi connectivity index (χ2n) is 3.14. The molecule has 0 atom stereocenters. The fraction of sp³-hybridized carbons (Fsp3) is 0.0909. The molecule has 0 fully saturated rings. The maximum atomic E-state index is 11.3. The van der Waals surface area contributed by atoms with Crippen molar-refractivity contribution >= 4 is 41.0 Å². The lowest BCUT2D eigenvalue weighted by molar-refractivity contribution is 0.0697. The van der Waals surface area contributed by atoms with Crippen LogP contribution >= 0.6 is 23.2 Å². The van der Waals surface area contributed by atoms with Crippen LogP contribution in [0.2, 0.25) is 10.0 Å². The second kappa shape index (κ2) is 6.28. The smallest absolute Gasteiger partial charge is 0.411 e. The topological polar surface area (TPSA) is 75.6 Å². The van der Waals surface area contributed by atoms with Crippen LogP contribution in [-0.2, 0) is 4.74 Å². The van der Waals surface area contributed by atoms with Gasteiger partial charge in [0.15, 0.2) is 0 Å². The molecular weight excluding hydrogens is 281 g/mol. The molecule has 0 aliphatic heterocycles. The zero-order valence-electron chi connectivity index (χ0n) is 9.07. The summed E-state index contributed by atoms with van der Waals surface area (Å²) in [5.74, 6) is -1.18. The molecule has 7 heteroatoms. The number of carboxylic acids is 1. The van der Waals surface area contributed by atoms with Crippen LogP contribution in [-0.4, -0.2) is 23.8 Å². The Kier molecular flexibility index (Phi) is 5.00. The van der Waals surface area contributed by atoms with Crippen LogP contribution in [0, 0.1) is 0 Å². The fourth-order valence-corrected chi connectivity index (χ4v) is 1.46. The van der Waals surface area contributed by atoms with Crippen molar-refractivity contribution in [3.05, 3.63) is 40.4 Å². The second-order valence-corrected chi connectivity index (χ2v) is 3.92. The van der Waals surface area contributed by atoms with Gasteiger partial charge in [-0.1, -0.05) is 35.9 Å². The van der Waals surface area contributed by atoms with Gasteiger partial charge in [-0.05, 0) is 12.1 Å². The molecule has 0 heterocycles. The lowest BCUT2D eigenvalue weighted by Crippen LogP contribution is -2.14. The number of benzene rings is 1. The SMILES string of the molecule is C=CCOC(=O)Nc1cc(C(=O)O)cc(Cl)c1Cl. The first kappa shape index (κ1) is 14.3. The largest absolute Gasteiger partial charge is 0.478 e. The third-order valence-corrected chi connectivity index (χ3v) is 2.65. The molecule has 0 radical (unpaired) electrons. The highest BCUT2D eigenvalue weighted by Gasteiger charge is 2.14. The number of amides is 1. The van der Waals surface area contributed by atoms with Crippen LogP contribution in [0.5, 0.6) is 0 Å². The van der Waals surface area contributed by atoms with Gasteiger partial charge in [0.25, 0.3) is 0 Å². The maximum Gasteiger partial charge on any atom is 0.411 e. The minimum Gasteiger partial charge on any atom is -0.478 e. The van der Waals surface area contributed by atoms with Gasteiger partial charge in [0.1, 0.15) is 6.61 Å². The van der Waals surface area contributed by atoms with Crippen LogP contribution in [0.25, 0.3) is 0 Å². The molecule has 2 N–H and O–H groups in total. The Balaban J connectivity index is 2.97. The molecule has 0 bridgehead atoms. The summed E-state index contributed by atoms with van der Waals surface area (Å²) >= 11 is 11.6. The van der Waals surface area contributed by atoms with Gasteiger partial charge in [0.2, 0.25) is 0 Å². The summed E-state index contributed by atoms with van der Waals surface area (Å²) in [6, 6.07) is 2.37. The Morgan fingerprint density at radius 2 is 2.11 bits per heavy atom. The average Bonchev–Trinajstić information content (AvgIpc) is 2.31. The number of rotatable bonds is 4. The highest BCUT2D eigenvalue weighted by Crippen LogP contribution is 2.31. The van der Waals surface area contributed by atoms with Gasteiger partial charge in [-0.3, -0.25) is 5.32 Å². The van der Waals surface area contributed by atoms with Crippen LogP contribution in [0.1, 0.15) is 10.4 Å². The van der Waals surface area contributed by atoms with Gasteiger partial charge in [0, 0.05) is 0 Å². The van der Waals surface area contributed by atoms with Crippen molar-refractivity contribution in [2.75, 3.05) is 11.9 Å². The van der Waals surface area contributed by atoms with E-state index >= 15 is 0 Å². The Bertz CT molecular complexity index is 502. The highest BCUT2D eigenvalue weighted by molar-refractivity contribution is 6.44. The van der Waals surface area contributed by atoms with Gasteiger partial charge in [0.05, 0.1) is 21.3 Å². The van der Waals surface area contributed by atoms with E-state index in [1.807, 2.05) is 0 Å². The van der Waals surface area contributed by atoms with Crippen LogP contribution in [0.15, 0.2) is 24.8 Å². The molecule has 96 valence electrons. The first-order valence-electron chi connectivity index (χ1n) is 4.72. The van der Waals surface area contributed by atoms with E-state index in [1.54, 1.807) is 0 Å². The van der Waals surface area contributed by atoms with E-state index in [1.165, 1.54) is 18.2 Å². The molecule has 1 amide bonds. The minimum absolute atomic E-state index is 0.0236. The lowest BCUT2D eigenvalue weighted by atomic mass is 10.2. The Morgan fingerprint density at radius 1 is 1.44 bits per heavy atom. The summed E-state index contributed by atoms with van der Waals surface area (Å²) in [6.45, 7) is 3.40. The molecule has 0 unspecified atom stereocenters. The third-order valence-electron chi connectivity index (χ3n) is 1.84.